The molecule has 7 heteroatoms. The molecule has 106 valence electrons. The summed E-state index contributed by atoms with van der Waals surface area (Å²) in [5, 5.41) is 3.94. The molecule has 2 heterocycles. The second kappa shape index (κ2) is 5.26. The first-order valence-electron chi connectivity index (χ1n) is 6.65. The highest BCUT2D eigenvalue weighted by atomic mass is 16.5. The van der Waals surface area contributed by atoms with Crippen LogP contribution in [0.3, 0.4) is 0 Å². The maximum absolute atomic E-state index is 6.22. The van der Waals surface area contributed by atoms with Gasteiger partial charge in [-0.3, -0.25) is 0 Å². The number of hydrogen-bond acceptors (Lipinski definition) is 7. The van der Waals surface area contributed by atoms with Crippen molar-refractivity contribution in [1.82, 2.24) is 20.1 Å². The van der Waals surface area contributed by atoms with Crippen LogP contribution in [0.5, 0.6) is 0 Å². The van der Waals surface area contributed by atoms with Gasteiger partial charge in [0.05, 0.1) is 18.3 Å². The zero-order chi connectivity index (χ0) is 14.0. The predicted molar refractivity (Wildman–Crippen MR) is 70.5 cm³/mol. The molecule has 7 nitrogen and oxygen atoms in total. The minimum atomic E-state index is -0.771. The number of nitrogens with zero attached hydrogens (tertiary/aromatic N) is 4. The summed E-state index contributed by atoms with van der Waals surface area (Å²) in [6, 6.07) is 0. The Hall–Kier alpha value is -1.86. The molecule has 2 aromatic rings. The summed E-state index contributed by atoms with van der Waals surface area (Å²) < 4.78 is 10.9. The Bertz CT molecular complexity index is 565. The van der Waals surface area contributed by atoms with Crippen molar-refractivity contribution in [2.75, 3.05) is 6.61 Å². The van der Waals surface area contributed by atoms with Crippen LogP contribution in [0.1, 0.15) is 32.0 Å². The lowest BCUT2D eigenvalue weighted by Crippen LogP contribution is -2.41. The molecule has 2 aromatic heterocycles. The highest BCUT2D eigenvalue weighted by molar-refractivity contribution is 5.48. The molecule has 0 spiro atoms. The topological polar surface area (TPSA) is 100.0 Å². The molecule has 0 radical (unpaired) electrons. The van der Waals surface area contributed by atoms with E-state index in [2.05, 4.69) is 20.1 Å². The maximum atomic E-state index is 6.22. The van der Waals surface area contributed by atoms with Crippen LogP contribution in [0.2, 0.25) is 0 Å². The van der Waals surface area contributed by atoms with Gasteiger partial charge in [0, 0.05) is 12.4 Å². The van der Waals surface area contributed by atoms with E-state index in [1.165, 1.54) is 12.7 Å². The SMILES string of the molecule is CC(N)(COC1CCC1)c1noc(-c2cncnc2)n1. The van der Waals surface area contributed by atoms with Gasteiger partial charge in [0.2, 0.25) is 0 Å². The first kappa shape index (κ1) is 13.1. The Morgan fingerprint density at radius 3 is 2.80 bits per heavy atom. The highest BCUT2D eigenvalue weighted by Gasteiger charge is 2.30. The number of nitrogens with two attached hydrogens (primary N) is 1. The van der Waals surface area contributed by atoms with E-state index in [0.29, 0.717) is 30.0 Å². The van der Waals surface area contributed by atoms with Crippen molar-refractivity contribution in [1.29, 1.82) is 0 Å². The van der Waals surface area contributed by atoms with E-state index < -0.39 is 5.54 Å². The summed E-state index contributed by atoms with van der Waals surface area (Å²) in [6.45, 7) is 2.21. The number of hydrogen-bond donors (Lipinski definition) is 1. The average molecular weight is 275 g/mol. The molecule has 2 N–H and O–H groups in total. The fraction of sp³-hybridized carbons (Fsp3) is 0.538. The third-order valence-electron chi connectivity index (χ3n) is 3.42. The minimum Gasteiger partial charge on any atom is -0.376 e. The zero-order valence-electron chi connectivity index (χ0n) is 11.3. The van der Waals surface area contributed by atoms with Crippen LogP contribution in [-0.2, 0) is 10.3 Å². The van der Waals surface area contributed by atoms with Gasteiger partial charge >= 0.3 is 0 Å². The van der Waals surface area contributed by atoms with E-state index in [1.54, 1.807) is 12.4 Å². The standard InChI is InChI=1S/C13H17N5O2/c1-13(14,7-19-10-3-2-4-10)12-17-11(20-18-12)9-5-15-8-16-6-9/h5-6,8,10H,2-4,7,14H2,1H3. The molecule has 1 unspecified atom stereocenters. The molecule has 0 saturated heterocycles. The van der Waals surface area contributed by atoms with E-state index in [1.807, 2.05) is 6.92 Å². The Labute approximate surface area is 116 Å². The molecule has 0 aliphatic heterocycles. The van der Waals surface area contributed by atoms with Gasteiger partial charge in [0.15, 0.2) is 5.82 Å². The summed E-state index contributed by atoms with van der Waals surface area (Å²) in [4.78, 5) is 12.1. The number of rotatable bonds is 5. The molecule has 1 aliphatic carbocycles. The molecule has 20 heavy (non-hydrogen) atoms. The smallest absolute Gasteiger partial charge is 0.261 e. The minimum absolute atomic E-state index is 0.326. The van der Waals surface area contributed by atoms with E-state index >= 15 is 0 Å². The molecule has 0 amide bonds. The molecule has 1 atom stereocenters. The Morgan fingerprint density at radius 2 is 2.15 bits per heavy atom. The van der Waals surface area contributed by atoms with Crippen LogP contribution in [0.4, 0.5) is 0 Å². The van der Waals surface area contributed by atoms with Gasteiger partial charge in [0.25, 0.3) is 5.89 Å². The van der Waals surface area contributed by atoms with Crippen LogP contribution in [-0.4, -0.2) is 32.8 Å². The van der Waals surface area contributed by atoms with Gasteiger partial charge in [-0.2, -0.15) is 4.98 Å². The molecule has 1 aliphatic rings. The van der Waals surface area contributed by atoms with Gasteiger partial charge in [0.1, 0.15) is 11.9 Å². The molecule has 3 rings (SSSR count). The van der Waals surface area contributed by atoms with Crippen LogP contribution in [0.25, 0.3) is 11.5 Å². The van der Waals surface area contributed by atoms with Crippen molar-refractivity contribution in [3.63, 3.8) is 0 Å². The predicted octanol–water partition coefficient (Wildman–Crippen LogP) is 1.27. The lowest BCUT2D eigenvalue weighted by atomic mass is 9.95. The van der Waals surface area contributed by atoms with Crippen LogP contribution < -0.4 is 5.73 Å². The highest BCUT2D eigenvalue weighted by Crippen LogP contribution is 2.25. The quantitative estimate of drug-likeness (QED) is 0.876. The molecule has 0 bridgehead atoms. The van der Waals surface area contributed by atoms with E-state index in [9.17, 15) is 0 Å². The van der Waals surface area contributed by atoms with E-state index in [0.717, 1.165) is 12.8 Å². The van der Waals surface area contributed by atoms with Gasteiger partial charge < -0.3 is 15.0 Å². The van der Waals surface area contributed by atoms with Crippen molar-refractivity contribution in [3.8, 4) is 11.5 Å². The molecule has 1 fully saturated rings. The van der Waals surface area contributed by atoms with E-state index in [4.69, 9.17) is 15.0 Å². The Morgan fingerprint density at radius 1 is 1.40 bits per heavy atom. The third kappa shape index (κ3) is 2.68. The normalized spacial score (nSPS) is 18.5. The first-order chi connectivity index (χ1) is 9.65. The summed E-state index contributed by atoms with van der Waals surface area (Å²) >= 11 is 0. The van der Waals surface area contributed by atoms with Crippen molar-refractivity contribution in [2.24, 2.45) is 5.73 Å². The van der Waals surface area contributed by atoms with E-state index in [-0.39, 0.29) is 0 Å². The summed E-state index contributed by atoms with van der Waals surface area (Å²) in [5.74, 6) is 0.789. The Kier molecular flexibility index (Phi) is 3.45. The maximum Gasteiger partial charge on any atom is 0.261 e. The van der Waals surface area contributed by atoms with Crippen molar-refractivity contribution >= 4 is 0 Å². The number of ether oxygens (including phenoxy) is 1. The average Bonchev–Trinajstić information content (AvgIpc) is 2.88. The van der Waals surface area contributed by atoms with Crippen molar-refractivity contribution < 1.29 is 9.26 Å². The molecule has 0 aromatic carbocycles. The van der Waals surface area contributed by atoms with Crippen LogP contribution >= 0.6 is 0 Å². The fourth-order valence-corrected chi connectivity index (χ4v) is 1.88. The Balaban J connectivity index is 1.71. The monoisotopic (exact) mass is 275 g/mol. The third-order valence-corrected chi connectivity index (χ3v) is 3.42. The molecular formula is C13H17N5O2. The summed E-state index contributed by atoms with van der Waals surface area (Å²) in [7, 11) is 0. The van der Waals surface area contributed by atoms with Crippen molar-refractivity contribution in [3.05, 3.63) is 24.5 Å². The second-order valence-electron chi connectivity index (χ2n) is 5.33. The molecule has 1 saturated carbocycles. The second-order valence-corrected chi connectivity index (χ2v) is 5.33. The van der Waals surface area contributed by atoms with Gasteiger partial charge in [-0.05, 0) is 26.2 Å². The largest absolute Gasteiger partial charge is 0.376 e. The summed E-state index contributed by atoms with van der Waals surface area (Å²) in [5.41, 5.74) is 6.11. The number of aromatic nitrogens is 4. The lowest BCUT2D eigenvalue weighted by Gasteiger charge is -2.29. The van der Waals surface area contributed by atoms with Gasteiger partial charge in [-0.15, -0.1) is 0 Å². The first-order valence-corrected chi connectivity index (χ1v) is 6.65. The van der Waals surface area contributed by atoms with Gasteiger partial charge in [-0.1, -0.05) is 5.16 Å². The summed E-state index contributed by atoms with van der Waals surface area (Å²) in [6.07, 6.45) is 8.44. The molecular weight excluding hydrogens is 258 g/mol. The lowest BCUT2D eigenvalue weighted by molar-refractivity contribution is -0.0222. The van der Waals surface area contributed by atoms with Gasteiger partial charge in [-0.25, -0.2) is 9.97 Å². The van der Waals surface area contributed by atoms with Crippen LogP contribution in [0, 0.1) is 0 Å². The zero-order valence-corrected chi connectivity index (χ0v) is 11.3. The van der Waals surface area contributed by atoms with Crippen LogP contribution in [0.15, 0.2) is 23.2 Å². The van der Waals surface area contributed by atoms with Crippen molar-refractivity contribution in [2.45, 2.75) is 37.8 Å². The fourth-order valence-electron chi connectivity index (χ4n) is 1.88.